The molecule has 0 rings (SSSR count). The lowest BCUT2D eigenvalue weighted by Gasteiger charge is -2.20. The van der Waals surface area contributed by atoms with E-state index in [-0.39, 0.29) is 18.1 Å². The first-order valence-corrected chi connectivity index (χ1v) is 6.82. The normalized spacial score (nSPS) is 13.3. The molecule has 4 heteroatoms. The average Bonchev–Trinajstić information content (AvgIpc) is 2.10. The molecule has 90 valence electrons. The van der Waals surface area contributed by atoms with Crippen LogP contribution in [0, 0.1) is 0 Å². The van der Waals surface area contributed by atoms with E-state index in [9.17, 15) is 4.79 Å². The molecule has 0 aliphatic carbocycles. The van der Waals surface area contributed by atoms with Crippen LogP contribution in [0.25, 0.3) is 0 Å². The highest BCUT2D eigenvalue weighted by molar-refractivity contribution is 7.98. The number of ether oxygens (including phenoxy) is 1. The summed E-state index contributed by atoms with van der Waals surface area (Å²) >= 11 is 1.75. The maximum atomic E-state index is 11.7. The summed E-state index contributed by atoms with van der Waals surface area (Å²) in [5, 5.41) is 3.23. The Morgan fingerprint density at radius 2 is 1.93 bits per heavy atom. The highest BCUT2D eigenvalue weighted by Crippen LogP contribution is 2.05. The first kappa shape index (κ1) is 14.8. The van der Waals surface area contributed by atoms with E-state index in [1.807, 2.05) is 34.0 Å². The maximum Gasteiger partial charge on any atom is 0.323 e. The topological polar surface area (TPSA) is 38.3 Å². The molecule has 1 atom stereocenters. The standard InChI is InChI=1S/C11H23NO2S/c1-8(2)12-10(6-7-15-5)11(13)14-9(3)4/h8-10,12H,6-7H2,1-5H3/t10-/m0/s1. The van der Waals surface area contributed by atoms with Gasteiger partial charge in [0.15, 0.2) is 0 Å². The van der Waals surface area contributed by atoms with Gasteiger partial charge in [-0.25, -0.2) is 0 Å². The van der Waals surface area contributed by atoms with Crippen LogP contribution in [0.15, 0.2) is 0 Å². The summed E-state index contributed by atoms with van der Waals surface area (Å²) in [6.45, 7) is 7.82. The first-order chi connectivity index (χ1) is 6.97. The number of esters is 1. The van der Waals surface area contributed by atoms with Gasteiger partial charge in [0.2, 0.25) is 0 Å². The van der Waals surface area contributed by atoms with Gasteiger partial charge in [0, 0.05) is 6.04 Å². The minimum Gasteiger partial charge on any atom is -0.462 e. The molecule has 0 saturated heterocycles. The summed E-state index contributed by atoms with van der Waals surface area (Å²) in [6.07, 6.45) is 2.83. The van der Waals surface area contributed by atoms with Gasteiger partial charge in [0.05, 0.1) is 6.10 Å². The molecule has 0 amide bonds. The maximum absolute atomic E-state index is 11.7. The first-order valence-electron chi connectivity index (χ1n) is 5.42. The van der Waals surface area contributed by atoms with Crippen molar-refractivity contribution in [1.29, 1.82) is 0 Å². The van der Waals surface area contributed by atoms with Gasteiger partial charge in [0.25, 0.3) is 0 Å². The molecule has 0 aromatic heterocycles. The second kappa shape index (κ2) is 7.99. The van der Waals surface area contributed by atoms with Crippen molar-refractivity contribution in [2.75, 3.05) is 12.0 Å². The Labute approximate surface area is 97.3 Å². The van der Waals surface area contributed by atoms with Gasteiger partial charge in [-0.3, -0.25) is 4.79 Å². The zero-order valence-electron chi connectivity index (χ0n) is 10.4. The zero-order chi connectivity index (χ0) is 11.8. The summed E-state index contributed by atoms with van der Waals surface area (Å²) in [6, 6.07) is 0.136. The van der Waals surface area contributed by atoms with Crippen LogP contribution in [0.5, 0.6) is 0 Å². The molecule has 0 heterocycles. The van der Waals surface area contributed by atoms with E-state index in [1.165, 1.54) is 0 Å². The molecule has 0 unspecified atom stereocenters. The van der Waals surface area contributed by atoms with Crippen LogP contribution >= 0.6 is 11.8 Å². The van der Waals surface area contributed by atoms with Crippen molar-refractivity contribution in [3.05, 3.63) is 0 Å². The number of nitrogens with one attached hydrogen (secondary N) is 1. The van der Waals surface area contributed by atoms with E-state index < -0.39 is 0 Å². The smallest absolute Gasteiger partial charge is 0.323 e. The molecular weight excluding hydrogens is 210 g/mol. The third-order valence-electron chi connectivity index (χ3n) is 1.78. The van der Waals surface area contributed by atoms with E-state index in [0.717, 1.165) is 12.2 Å². The Morgan fingerprint density at radius 1 is 1.33 bits per heavy atom. The molecular formula is C11H23NO2S. The molecule has 0 saturated carbocycles. The number of rotatable bonds is 7. The highest BCUT2D eigenvalue weighted by Gasteiger charge is 2.20. The van der Waals surface area contributed by atoms with Gasteiger partial charge in [-0.05, 0) is 32.3 Å². The van der Waals surface area contributed by atoms with E-state index >= 15 is 0 Å². The van der Waals surface area contributed by atoms with Crippen LogP contribution in [-0.4, -0.2) is 36.2 Å². The minimum absolute atomic E-state index is 0.0387. The van der Waals surface area contributed by atoms with Gasteiger partial charge in [0.1, 0.15) is 6.04 Å². The van der Waals surface area contributed by atoms with Crippen LogP contribution in [0.2, 0.25) is 0 Å². The molecule has 0 bridgehead atoms. The van der Waals surface area contributed by atoms with Crippen molar-refractivity contribution < 1.29 is 9.53 Å². The summed E-state index contributed by atoms with van der Waals surface area (Å²) < 4.78 is 5.20. The monoisotopic (exact) mass is 233 g/mol. The van der Waals surface area contributed by atoms with E-state index in [0.29, 0.717) is 6.04 Å². The van der Waals surface area contributed by atoms with Gasteiger partial charge in [-0.2, -0.15) is 11.8 Å². The molecule has 0 aliphatic rings. The van der Waals surface area contributed by atoms with Crippen molar-refractivity contribution in [3.8, 4) is 0 Å². The Morgan fingerprint density at radius 3 is 2.33 bits per heavy atom. The summed E-state index contributed by atoms with van der Waals surface area (Å²) in [5.41, 5.74) is 0. The molecule has 0 fully saturated rings. The Balaban J connectivity index is 4.14. The summed E-state index contributed by atoms with van der Waals surface area (Å²) in [5.74, 6) is 0.838. The summed E-state index contributed by atoms with van der Waals surface area (Å²) in [4.78, 5) is 11.7. The molecule has 0 aromatic carbocycles. The van der Waals surface area contributed by atoms with Crippen molar-refractivity contribution in [2.45, 2.75) is 52.3 Å². The molecule has 3 nitrogen and oxygen atoms in total. The lowest BCUT2D eigenvalue weighted by Crippen LogP contribution is -2.43. The Hall–Kier alpha value is -0.220. The van der Waals surface area contributed by atoms with Crippen molar-refractivity contribution >= 4 is 17.7 Å². The molecule has 0 aromatic rings. The molecule has 1 N–H and O–H groups in total. The lowest BCUT2D eigenvalue weighted by atomic mass is 10.2. The van der Waals surface area contributed by atoms with Crippen LogP contribution in [-0.2, 0) is 9.53 Å². The van der Waals surface area contributed by atoms with Crippen LogP contribution in [0.3, 0.4) is 0 Å². The number of hydrogen-bond donors (Lipinski definition) is 1. The Kier molecular flexibility index (Phi) is 7.88. The minimum atomic E-state index is -0.167. The van der Waals surface area contributed by atoms with E-state index in [1.54, 1.807) is 11.8 Å². The lowest BCUT2D eigenvalue weighted by molar-refractivity contribution is -0.150. The van der Waals surface area contributed by atoms with Crippen molar-refractivity contribution in [1.82, 2.24) is 5.32 Å². The van der Waals surface area contributed by atoms with Crippen LogP contribution in [0.4, 0.5) is 0 Å². The fourth-order valence-corrected chi connectivity index (χ4v) is 1.69. The predicted octanol–water partition coefficient (Wildman–Crippen LogP) is 2.06. The van der Waals surface area contributed by atoms with Gasteiger partial charge < -0.3 is 10.1 Å². The van der Waals surface area contributed by atoms with E-state index in [4.69, 9.17) is 4.74 Å². The van der Waals surface area contributed by atoms with Crippen molar-refractivity contribution in [2.24, 2.45) is 0 Å². The number of carbonyl (C=O) groups is 1. The molecule has 0 radical (unpaired) electrons. The van der Waals surface area contributed by atoms with Gasteiger partial charge >= 0.3 is 5.97 Å². The highest BCUT2D eigenvalue weighted by atomic mass is 32.2. The predicted molar refractivity (Wildman–Crippen MR) is 66.3 cm³/mol. The number of hydrogen-bond acceptors (Lipinski definition) is 4. The molecule has 15 heavy (non-hydrogen) atoms. The van der Waals surface area contributed by atoms with Crippen LogP contribution < -0.4 is 5.32 Å². The van der Waals surface area contributed by atoms with Crippen LogP contribution in [0.1, 0.15) is 34.1 Å². The SMILES string of the molecule is CSCC[C@H](NC(C)C)C(=O)OC(C)C. The second-order valence-electron chi connectivity index (χ2n) is 4.14. The third-order valence-corrected chi connectivity index (χ3v) is 2.43. The average molecular weight is 233 g/mol. The largest absolute Gasteiger partial charge is 0.462 e. The number of thioether (sulfide) groups is 1. The zero-order valence-corrected chi connectivity index (χ0v) is 11.2. The van der Waals surface area contributed by atoms with Gasteiger partial charge in [-0.1, -0.05) is 13.8 Å². The third kappa shape index (κ3) is 7.68. The number of carbonyl (C=O) groups excluding carboxylic acids is 1. The second-order valence-corrected chi connectivity index (χ2v) is 5.13. The quantitative estimate of drug-likeness (QED) is 0.683. The molecule has 0 spiro atoms. The fourth-order valence-electron chi connectivity index (χ4n) is 1.22. The van der Waals surface area contributed by atoms with E-state index in [2.05, 4.69) is 5.32 Å². The van der Waals surface area contributed by atoms with Gasteiger partial charge in [-0.15, -0.1) is 0 Å². The fraction of sp³-hybridized carbons (Fsp3) is 0.909. The Bertz CT molecular complexity index is 183. The van der Waals surface area contributed by atoms with Crippen molar-refractivity contribution in [3.63, 3.8) is 0 Å². The molecule has 0 aliphatic heterocycles. The summed E-state index contributed by atoms with van der Waals surface area (Å²) in [7, 11) is 0.